The molecule has 206 valence electrons. The molecule has 4 N–H and O–H groups in total. The molecular formula is C22H29N6O7PS2. The summed E-state index contributed by atoms with van der Waals surface area (Å²) in [5, 5.41) is 36.5. The van der Waals surface area contributed by atoms with E-state index in [-0.39, 0.29) is 42.5 Å². The van der Waals surface area contributed by atoms with Gasteiger partial charge < -0.3 is 24.6 Å². The minimum Gasteiger partial charge on any atom is -0.477 e. The first kappa shape index (κ1) is 28.7. The maximum absolute atomic E-state index is 13.4. The Morgan fingerprint density at radius 1 is 1.32 bits per heavy atom. The van der Waals surface area contributed by atoms with E-state index in [1.54, 1.807) is 26.0 Å². The highest BCUT2D eigenvalue weighted by Crippen LogP contribution is 2.53. The third-order valence-corrected chi connectivity index (χ3v) is 10.7. The Morgan fingerprint density at radius 2 is 2.03 bits per heavy atom. The molecule has 13 nitrogen and oxygen atoms in total. The second kappa shape index (κ2) is 12.7. The lowest BCUT2D eigenvalue weighted by Gasteiger charge is -2.50. The minimum atomic E-state index is -3.60. The zero-order valence-corrected chi connectivity index (χ0v) is 23.2. The molecule has 3 heterocycles. The predicted molar refractivity (Wildman–Crippen MR) is 140 cm³/mol. The van der Waals surface area contributed by atoms with Gasteiger partial charge in [-0.1, -0.05) is 42.1 Å². The van der Waals surface area contributed by atoms with Crippen LogP contribution < -0.4 is 5.32 Å². The fourth-order valence-corrected chi connectivity index (χ4v) is 9.14. The summed E-state index contributed by atoms with van der Waals surface area (Å²) in [5.74, 6) is -1.44. The number of carbonyl (C=O) groups is 2. The van der Waals surface area contributed by atoms with E-state index >= 15 is 0 Å². The third-order valence-electron chi connectivity index (χ3n) is 5.92. The topological polar surface area (TPSA) is 180 Å². The van der Waals surface area contributed by atoms with Gasteiger partial charge in [0.2, 0.25) is 11.1 Å². The maximum Gasteiger partial charge on any atom is 0.352 e. The molecule has 2 unspecified atom stereocenters. The summed E-state index contributed by atoms with van der Waals surface area (Å²) in [6, 6.07) is 8.40. The highest BCUT2D eigenvalue weighted by Gasteiger charge is 2.54. The van der Waals surface area contributed by atoms with Crippen molar-refractivity contribution in [2.24, 2.45) is 0 Å². The van der Waals surface area contributed by atoms with Gasteiger partial charge in [0.05, 0.1) is 25.5 Å². The van der Waals surface area contributed by atoms with Gasteiger partial charge in [0.15, 0.2) is 0 Å². The number of tetrazole rings is 1. The zero-order valence-electron chi connectivity index (χ0n) is 20.7. The molecule has 0 saturated carbocycles. The van der Waals surface area contributed by atoms with E-state index < -0.39 is 42.2 Å². The fraction of sp³-hybridized carbons (Fsp3) is 0.500. The van der Waals surface area contributed by atoms with Crippen molar-refractivity contribution < 1.29 is 33.4 Å². The molecule has 2 aliphatic rings. The molecule has 1 amide bonds. The molecule has 0 aliphatic carbocycles. The van der Waals surface area contributed by atoms with Crippen LogP contribution >= 0.6 is 31.1 Å². The summed E-state index contributed by atoms with van der Waals surface area (Å²) < 4.78 is 24.3. The minimum absolute atomic E-state index is 0.131. The SMILES string of the molecule is CCOP(=O)(CC(Sc1nn[nH]n1)C1=C(C(=O)O)N2C(=O)[C@@H](NCC(O)c3ccccc3)[C@@H]2SC1)OCC. The average Bonchev–Trinajstić information content (AvgIpc) is 3.41. The number of aromatic nitrogens is 4. The van der Waals surface area contributed by atoms with Crippen LogP contribution in [0.3, 0.4) is 0 Å². The lowest BCUT2D eigenvalue weighted by atomic mass is 10.0. The number of aliphatic hydroxyl groups is 1. The number of carboxylic acid groups (broad SMARTS) is 1. The Balaban J connectivity index is 1.57. The number of H-pyrrole nitrogens is 1. The van der Waals surface area contributed by atoms with Gasteiger partial charge in [0, 0.05) is 17.5 Å². The van der Waals surface area contributed by atoms with Crippen molar-refractivity contribution in [3.05, 3.63) is 47.2 Å². The van der Waals surface area contributed by atoms with Crippen molar-refractivity contribution in [3.8, 4) is 0 Å². The van der Waals surface area contributed by atoms with Crippen LogP contribution in [0.5, 0.6) is 0 Å². The first-order chi connectivity index (χ1) is 18.3. The Morgan fingerprint density at radius 3 is 2.63 bits per heavy atom. The van der Waals surface area contributed by atoms with Crippen LogP contribution in [0.2, 0.25) is 0 Å². The van der Waals surface area contributed by atoms with Gasteiger partial charge in [-0.3, -0.25) is 14.3 Å². The van der Waals surface area contributed by atoms with E-state index in [2.05, 4.69) is 25.9 Å². The van der Waals surface area contributed by atoms with Crippen molar-refractivity contribution in [2.45, 2.75) is 41.8 Å². The standard InChI is InChI=1S/C22H29N6O7PS2/c1-3-34-36(33,35-4-2)11-16(38-22-24-26-27-25-22)14-12-37-20-17(19(30)28(20)18(14)21(31)32)23-10-15(29)13-8-6-5-7-9-13/h5-9,15-17,20,23,29H,3-4,10-12H2,1-2H3,(H,31,32)(H,24,25,26,27)/t15?,16?,17-,20+/m1/s1. The van der Waals surface area contributed by atoms with Crippen LogP contribution in [0.1, 0.15) is 25.5 Å². The second-order valence-corrected chi connectivity index (χ2v) is 12.7. The number of β-lactam (4-membered cyclic amide) rings is 1. The molecule has 4 rings (SSSR count). The van der Waals surface area contributed by atoms with Gasteiger partial charge in [-0.2, -0.15) is 5.21 Å². The van der Waals surface area contributed by atoms with Crippen molar-refractivity contribution in [3.63, 3.8) is 0 Å². The number of benzene rings is 1. The zero-order chi connectivity index (χ0) is 27.3. The summed E-state index contributed by atoms with van der Waals surface area (Å²) in [6.45, 7) is 3.80. The number of carbonyl (C=O) groups excluding carboxylic acids is 1. The van der Waals surface area contributed by atoms with E-state index in [4.69, 9.17) is 9.05 Å². The largest absolute Gasteiger partial charge is 0.477 e. The van der Waals surface area contributed by atoms with Crippen molar-refractivity contribution in [2.75, 3.05) is 31.7 Å². The van der Waals surface area contributed by atoms with E-state index in [1.807, 2.05) is 18.2 Å². The lowest BCUT2D eigenvalue weighted by molar-refractivity contribution is -0.149. The number of nitrogens with one attached hydrogen (secondary N) is 2. The lowest BCUT2D eigenvalue weighted by Crippen LogP contribution is -2.70. The van der Waals surface area contributed by atoms with Crippen LogP contribution in [0.15, 0.2) is 46.8 Å². The summed E-state index contributed by atoms with van der Waals surface area (Å²) in [6.07, 6.45) is -0.961. The Kier molecular flexibility index (Phi) is 9.63. The summed E-state index contributed by atoms with van der Waals surface area (Å²) in [7, 11) is -3.60. The summed E-state index contributed by atoms with van der Waals surface area (Å²) in [5.41, 5.74) is 0.938. The van der Waals surface area contributed by atoms with Gasteiger partial charge in [-0.25, -0.2) is 4.79 Å². The van der Waals surface area contributed by atoms with Crippen LogP contribution in [-0.4, -0.2) is 96.0 Å². The Bertz CT molecular complexity index is 1190. The molecule has 4 atom stereocenters. The van der Waals surface area contributed by atoms with E-state index in [0.29, 0.717) is 11.1 Å². The van der Waals surface area contributed by atoms with Crippen molar-refractivity contribution in [1.29, 1.82) is 0 Å². The fourth-order valence-electron chi connectivity index (χ4n) is 4.26. The summed E-state index contributed by atoms with van der Waals surface area (Å²) >= 11 is 2.46. The number of aliphatic hydroxyl groups excluding tert-OH is 1. The molecule has 0 spiro atoms. The molecule has 2 aliphatic heterocycles. The van der Waals surface area contributed by atoms with Crippen molar-refractivity contribution >= 4 is 43.0 Å². The van der Waals surface area contributed by atoms with Crippen LogP contribution in [0.25, 0.3) is 0 Å². The van der Waals surface area contributed by atoms with Crippen molar-refractivity contribution in [1.82, 2.24) is 30.8 Å². The molecule has 0 radical (unpaired) electrons. The first-order valence-electron chi connectivity index (χ1n) is 11.9. The van der Waals surface area contributed by atoms with Gasteiger partial charge in [-0.15, -0.1) is 22.0 Å². The summed E-state index contributed by atoms with van der Waals surface area (Å²) in [4.78, 5) is 26.9. The number of rotatable bonds is 14. The molecule has 16 heteroatoms. The quantitative estimate of drug-likeness (QED) is 0.144. The number of aliphatic carboxylic acids is 1. The average molecular weight is 585 g/mol. The van der Waals surface area contributed by atoms with Gasteiger partial charge in [-0.05, 0) is 30.2 Å². The third kappa shape index (κ3) is 6.30. The van der Waals surface area contributed by atoms with E-state index in [9.17, 15) is 24.4 Å². The van der Waals surface area contributed by atoms with E-state index in [1.165, 1.54) is 16.7 Å². The number of carboxylic acids is 1. The van der Waals surface area contributed by atoms with Crippen LogP contribution in [0.4, 0.5) is 0 Å². The highest BCUT2D eigenvalue weighted by molar-refractivity contribution is 8.01. The number of aromatic amines is 1. The number of nitrogens with zero attached hydrogens (tertiary/aromatic N) is 4. The van der Waals surface area contributed by atoms with E-state index in [0.717, 1.165) is 11.8 Å². The Labute approximate surface area is 227 Å². The maximum atomic E-state index is 13.4. The molecule has 2 aromatic rings. The number of hydrogen-bond donors (Lipinski definition) is 4. The molecule has 1 aromatic carbocycles. The molecule has 1 aromatic heterocycles. The Hall–Kier alpha value is -2.26. The molecule has 0 bridgehead atoms. The van der Waals surface area contributed by atoms with Crippen LogP contribution in [-0.2, 0) is 23.2 Å². The van der Waals surface area contributed by atoms with Crippen LogP contribution in [0, 0.1) is 0 Å². The number of amides is 1. The number of thioether (sulfide) groups is 2. The normalized spacial score (nSPS) is 21.1. The van der Waals surface area contributed by atoms with Gasteiger partial charge >= 0.3 is 13.6 Å². The highest BCUT2D eigenvalue weighted by atomic mass is 32.2. The molecule has 1 saturated heterocycles. The number of fused-ring (bicyclic) bond motifs is 1. The second-order valence-electron chi connectivity index (χ2n) is 8.33. The molecule has 38 heavy (non-hydrogen) atoms. The number of hydrogen-bond acceptors (Lipinski definition) is 12. The molecular weight excluding hydrogens is 555 g/mol. The van der Waals surface area contributed by atoms with Gasteiger partial charge in [0.25, 0.3) is 0 Å². The van der Waals surface area contributed by atoms with Gasteiger partial charge in [0.1, 0.15) is 17.1 Å². The smallest absolute Gasteiger partial charge is 0.352 e. The first-order valence-corrected chi connectivity index (χ1v) is 15.6. The molecule has 1 fully saturated rings. The monoisotopic (exact) mass is 584 g/mol. The predicted octanol–water partition coefficient (Wildman–Crippen LogP) is 1.87.